The number of nitrogens with one attached hydrogen (secondary N) is 2. The summed E-state index contributed by atoms with van der Waals surface area (Å²) < 4.78 is 13.0. The lowest BCUT2D eigenvalue weighted by Crippen LogP contribution is -2.34. The highest BCUT2D eigenvalue weighted by Gasteiger charge is 2.13. The van der Waals surface area contributed by atoms with Crippen LogP contribution in [-0.4, -0.2) is 34.6 Å². The van der Waals surface area contributed by atoms with Crippen molar-refractivity contribution in [2.75, 3.05) is 6.54 Å². The van der Waals surface area contributed by atoms with Crippen LogP contribution in [0.5, 0.6) is 5.75 Å². The molecule has 3 N–H and O–H groups in total. The van der Waals surface area contributed by atoms with Crippen LogP contribution in [0.15, 0.2) is 47.6 Å². The van der Waals surface area contributed by atoms with Crippen LogP contribution in [0.25, 0.3) is 0 Å². The molecule has 2 rings (SSSR count). The van der Waals surface area contributed by atoms with E-state index < -0.39 is 29.1 Å². The van der Waals surface area contributed by atoms with Gasteiger partial charge in [0, 0.05) is 11.6 Å². The molecule has 26 heavy (non-hydrogen) atoms. The minimum Gasteiger partial charge on any atom is -0.508 e. The van der Waals surface area contributed by atoms with E-state index in [-0.39, 0.29) is 22.6 Å². The number of phenolic OH excluding ortho intramolecular Hbond substituents is 1. The van der Waals surface area contributed by atoms with Crippen LogP contribution in [-0.2, 0) is 4.79 Å². The van der Waals surface area contributed by atoms with Crippen molar-refractivity contribution in [2.24, 2.45) is 5.10 Å². The molecule has 0 aliphatic carbocycles. The molecule has 0 spiro atoms. The highest BCUT2D eigenvalue weighted by atomic mass is 19.1. The molecule has 0 atom stereocenters. The third kappa shape index (κ3) is 5.09. The van der Waals surface area contributed by atoms with Crippen molar-refractivity contribution in [1.82, 2.24) is 10.7 Å². The second-order valence-corrected chi connectivity index (χ2v) is 4.99. The van der Waals surface area contributed by atoms with E-state index in [1.807, 2.05) is 0 Å². The molecular weight excluding hydrogens is 347 g/mol. The van der Waals surface area contributed by atoms with Crippen molar-refractivity contribution in [3.63, 3.8) is 0 Å². The van der Waals surface area contributed by atoms with Gasteiger partial charge in [-0.05, 0) is 30.3 Å². The van der Waals surface area contributed by atoms with Gasteiger partial charge in [0.25, 0.3) is 17.5 Å². The standard InChI is InChI=1S/C16H13FN4O5/c17-12-3-1-2-10(6-12)16(24)18-9-15(23)20-19-8-11-7-13(22)4-5-14(11)21(25)26/h1-8,22H,9H2,(H,18,24)(H,20,23)/b19-8-. The lowest BCUT2D eigenvalue weighted by molar-refractivity contribution is -0.385. The SMILES string of the molecule is O=C(CNC(=O)c1cccc(F)c1)N/N=C\c1cc(O)ccc1[N+](=O)[O-]. The fourth-order valence-electron chi connectivity index (χ4n) is 1.92. The molecule has 134 valence electrons. The second-order valence-electron chi connectivity index (χ2n) is 4.99. The summed E-state index contributed by atoms with van der Waals surface area (Å²) in [7, 11) is 0. The Morgan fingerprint density at radius 3 is 2.73 bits per heavy atom. The summed E-state index contributed by atoms with van der Waals surface area (Å²) >= 11 is 0. The van der Waals surface area contributed by atoms with Crippen molar-refractivity contribution in [3.05, 3.63) is 69.5 Å². The molecule has 0 saturated carbocycles. The molecule has 0 radical (unpaired) electrons. The van der Waals surface area contributed by atoms with Crippen LogP contribution in [0.2, 0.25) is 0 Å². The van der Waals surface area contributed by atoms with Gasteiger partial charge in [0.1, 0.15) is 11.6 Å². The average Bonchev–Trinajstić information content (AvgIpc) is 2.59. The third-order valence-electron chi connectivity index (χ3n) is 3.10. The summed E-state index contributed by atoms with van der Waals surface area (Å²) in [6.45, 7) is -0.436. The summed E-state index contributed by atoms with van der Waals surface area (Å²) in [6, 6.07) is 8.30. The molecule has 0 fully saturated rings. The normalized spacial score (nSPS) is 10.5. The maximum atomic E-state index is 13.0. The largest absolute Gasteiger partial charge is 0.508 e. The zero-order valence-corrected chi connectivity index (χ0v) is 13.2. The Morgan fingerprint density at radius 2 is 2.04 bits per heavy atom. The maximum absolute atomic E-state index is 13.0. The predicted octanol–water partition coefficient (Wildman–Crippen LogP) is 1.32. The van der Waals surface area contributed by atoms with E-state index in [0.29, 0.717) is 0 Å². The van der Waals surface area contributed by atoms with Gasteiger partial charge < -0.3 is 10.4 Å². The number of hydrazone groups is 1. The Labute approximate surface area is 146 Å². The number of nitro benzene ring substituents is 1. The molecule has 0 bridgehead atoms. The Kier molecular flexibility index (Phi) is 5.93. The first kappa shape index (κ1) is 18.5. The van der Waals surface area contributed by atoms with Crippen LogP contribution < -0.4 is 10.7 Å². The number of rotatable bonds is 6. The number of halogens is 1. The number of benzene rings is 2. The zero-order chi connectivity index (χ0) is 19.1. The van der Waals surface area contributed by atoms with E-state index in [2.05, 4.69) is 15.8 Å². The molecule has 2 amide bonds. The maximum Gasteiger partial charge on any atom is 0.278 e. The predicted molar refractivity (Wildman–Crippen MR) is 89.2 cm³/mol. The van der Waals surface area contributed by atoms with Crippen molar-refractivity contribution in [2.45, 2.75) is 0 Å². The molecule has 0 aliphatic heterocycles. The van der Waals surface area contributed by atoms with Crippen LogP contribution in [0.1, 0.15) is 15.9 Å². The quantitative estimate of drug-likeness (QED) is 0.406. The van der Waals surface area contributed by atoms with Gasteiger partial charge in [-0.3, -0.25) is 19.7 Å². The smallest absolute Gasteiger partial charge is 0.278 e. The average molecular weight is 360 g/mol. The summed E-state index contributed by atoms with van der Waals surface area (Å²) in [6.07, 6.45) is 0.990. The lowest BCUT2D eigenvalue weighted by atomic mass is 10.2. The van der Waals surface area contributed by atoms with E-state index in [4.69, 9.17) is 0 Å². The van der Waals surface area contributed by atoms with Gasteiger partial charge >= 0.3 is 0 Å². The molecule has 10 heteroatoms. The topological polar surface area (TPSA) is 134 Å². The van der Waals surface area contributed by atoms with Gasteiger partial charge in [0.2, 0.25) is 0 Å². The molecule has 2 aromatic carbocycles. The number of aromatic hydroxyl groups is 1. The Balaban J connectivity index is 1.91. The number of phenols is 1. The molecule has 2 aromatic rings. The third-order valence-corrected chi connectivity index (χ3v) is 3.10. The van der Waals surface area contributed by atoms with Crippen molar-refractivity contribution in [3.8, 4) is 5.75 Å². The molecule has 9 nitrogen and oxygen atoms in total. The van der Waals surface area contributed by atoms with Gasteiger partial charge in [-0.1, -0.05) is 6.07 Å². The second kappa shape index (κ2) is 8.33. The lowest BCUT2D eigenvalue weighted by Gasteiger charge is -2.04. The van der Waals surface area contributed by atoms with Crippen LogP contribution in [0.4, 0.5) is 10.1 Å². The number of nitro groups is 1. The Hall–Kier alpha value is -3.82. The van der Waals surface area contributed by atoms with E-state index in [1.165, 1.54) is 18.2 Å². The van der Waals surface area contributed by atoms with Gasteiger partial charge in [0.15, 0.2) is 0 Å². The number of hydrogen-bond donors (Lipinski definition) is 3. The number of carbonyl (C=O) groups excluding carboxylic acids is 2. The first-order valence-electron chi connectivity index (χ1n) is 7.20. The zero-order valence-electron chi connectivity index (χ0n) is 13.2. The van der Waals surface area contributed by atoms with Gasteiger partial charge in [0.05, 0.1) is 23.2 Å². The number of hydrogen-bond acceptors (Lipinski definition) is 6. The molecular formula is C16H13FN4O5. The van der Waals surface area contributed by atoms with Gasteiger partial charge in [-0.15, -0.1) is 0 Å². The van der Waals surface area contributed by atoms with Crippen LogP contribution in [0.3, 0.4) is 0 Å². The number of amides is 2. The summed E-state index contributed by atoms with van der Waals surface area (Å²) in [4.78, 5) is 33.6. The summed E-state index contributed by atoms with van der Waals surface area (Å²) in [5, 5.41) is 26.0. The van der Waals surface area contributed by atoms with Gasteiger partial charge in [-0.2, -0.15) is 5.10 Å². The van der Waals surface area contributed by atoms with Crippen molar-refractivity contribution in [1.29, 1.82) is 0 Å². The highest BCUT2D eigenvalue weighted by molar-refractivity contribution is 5.96. The van der Waals surface area contributed by atoms with Crippen LogP contribution in [0, 0.1) is 15.9 Å². The fourth-order valence-corrected chi connectivity index (χ4v) is 1.92. The van der Waals surface area contributed by atoms with Crippen LogP contribution >= 0.6 is 0 Å². The highest BCUT2D eigenvalue weighted by Crippen LogP contribution is 2.21. The first-order chi connectivity index (χ1) is 12.4. The van der Waals surface area contributed by atoms with E-state index in [1.54, 1.807) is 0 Å². The molecule has 0 aromatic heterocycles. The van der Waals surface area contributed by atoms with E-state index in [9.17, 15) is 29.2 Å². The van der Waals surface area contributed by atoms with E-state index in [0.717, 1.165) is 30.5 Å². The minimum absolute atomic E-state index is 0.0147. The molecule has 0 saturated heterocycles. The molecule has 0 aliphatic rings. The number of carbonyl (C=O) groups is 2. The Bertz CT molecular complexity index is 885. The molecule has 0 heterocycles. The minimum atomic E-state index is -0.700. The summed E-state index contributed by atoms with van der Waals surface area (Å²) in [5.41, 5.74) is 1.80. The van der Waals surface area contributed by atoms with Crippen molar-refractivity contribution >= 4 is 23.7 Å². The summed E-state index contributed by atoms with van der Waals surface area (Å²) in [5.74, 6) is -2.13. The first-order valence-corrected chi connectivity index (χ1v) is 7.20. The number of nitrogens with zero attached hydrogens (tertiary/aromatic N) is 2. The Morgan fingerprint density at radius 1 is 1.27 bits per heavy atom. The fraction of sp³-hybridized carbons (Fsp3) is 0.0625. The van der Waals surface area contributed by atoms with Gasteiger partial charge in [-0.25, -0.2) is 9.82 Å². The molecule has 0 unspecified atom stereocenters. The monoisotopic (exact) mass is 360 g/mol. The van der Waals surface area contributed by atoms with Crippen molar-refractivity contribution < 1.29 is 24.0 Å². The van der Waals surface area contributed by atoms with E-state index >= 15 is 0 Å².